The van der Waals surface area contributed by atoms with E-state index in [1.807, 2.05) is 16.9 Å². The van der Waals surface area contributed by atoms with E-state index in [0.29, 0.717) is 0 Å². The van der Waals surface area contributed by atoms with Crippen LogP contribution in [0, 0.1) is 0 Å². The molecular formula is C13H23N3O3S. The Hall–Kier alpha value is -0.920. The van der Waals surface area contributed by atoms with Gasteiger partial charge in [0.15, 0.2) is 0 Å². The molecule has 1 aromatic rings. The van der Waals surface area contributed by atoms with Crippen molar-refractivity contribution in [2.45, 2.75) is 50.8 Å². The van der Waals surface area contributed by atoms with Gasteiger partial charge >= 0.3 is 0 Å². The molecule has 1 heterocycles. The maximum absolute atomic E-state index is 12.2. The molecule has 1 aliphatic carbocycles. The van der Waals surface area contributed by atoms with Gasteiger partial charge in [0.2, 0.25) is 10.0 Å². The molecule has 1 saturated carbocycles. The molecule has 0 aromatic carbocycles. The van der Waals surface area contributed by atoms with E-state index in [1.54, 1.807) is 13.1 Å². The fraction of sp³-hybridized carbons (Fsp3) is 0.769. The van der Waals surface area contributed by atoms with Crippen LogP contribution in [0.4, 0.5) is 0 Å². The lowest BCUT2D eigenvalue weighted by atomic mass is 9.91. The molecule has 0 radical (unpaired) electrons. The fourth-order valence-corrected chi connectivity index (χ4v) is 4.28. The highest BCUT2D eigenvalue weighted by Crippen LogP contribution is 2.28. The van der Waals surface area contributed by atoms with Gasteiger partial charge in [-0.25, -0.2) is 13.1 Å². The number of hydrogen-bond acceptors (Lipinski definition) is 4. The molecule has 1 aromatic heterocycles. The maximum Gasteiger partial charge on any atom is 0.214 e. The molecule has 6 nitrogen and oxygen atoms in total. The van der Waals surface area contributed by atoms with E-state index in [1.165, 1.54) is 7.11 Å². The number of rotatable bonds is 6. The van der Waals surface area contributed by atoms with E-state index in [2.05, 4.69) is 9.82 Å². The second kappa shape index (κ2) is 6.69. The highest BCUT2D eigenvalue weighted by Gasteiger charge is 2.30. The summed E-state index contributed by atoms with van der Waals surface area (Å²) < 4.78 is 34.1. The van der Waals surface area contributed by atoms with Crippen LogP contribution in [0.25, 0.3) is 0 Å². The van der Waals surface area contributed by atoms with Gasteiger partial charge in [-0.05, 0) is 25.8 Å². The van der Waals surface area contributed by atoms with Gasteiger partial charge < -0.3 is 4.74 Å². The lowest BCUT2D eigenvalue weighted by molar-refractivity contribution is 0.135. The van der Waals surface area contributed by atoms with Gasteiger partial charge in [0.1, 0.15) is 0 Å². The van der Waals surface area contributed by atoms with E-state index in [9.17, 15) is 8.42 Å². The summed E-state index contributed by atoms with van der Waals surface area (Å²) >= 11 is 0. The summed E-state index contributed by atoms with van der Waals surface area (Å²) in [6.45, 7) is 1.76. The number of hydrogen-bond donors (Lipinski definition) is 1. The van der Waals surface area contributed by atoms with Gasteiger partial charge in [-0.3, -0.25) is 4.68 Å². The van der Waals surface area contributed by atoms with Crippen LogP contribution in [-0.2, 0) is 14.8 Å². The average Bonchev–Trinajstić information content (AvgIpc) is 2.92. The summed E-state index contributed by atoms with van der Waals surface area (Å²) in [5, 5.41) is 4.25. The molecular weight excluding hydrogens is 278 g/mol. The molecule has 0 spiro atoms. The van der Waals surface area contributed by atoms with Gasteiger partial charge in [0, 0.05) is 25.5 Å². The van der Waals surface area contributed by atoms with Crippen molar-refractivity contribution < 1.29 is 13.2 Å². The van der Waals surface area contributed by atoms with E-state index < -0.39 is 10.0 Å². The molecule has 1 aliphatic rings. The van der Waals surface area contributed by atoms with Crippen molar-refractivity contribution in [1.29, 1.82) is 0 Å². The third-order valence-corrected chi connectivity index (χ3v) is 5.35. The molecule has 114 valence electrons. The first-order valence-electron chi connectivity index (χ1n) is 7.04. The Morgan fingerprint density at radius 3 is 2.85 bits per heavy atom. The molecule has 0 aliphatic heterocycles. The summed E-state index contributed by atoms with van der Waals surface area (Å²) in [6.07, 6.45) is 7.28. The molecule has 7 heteroatoms. The Balaban J connectivity index is 2.05. The molecule has 0 unspecified atom stereocenters. The van der Waals surface area contributed by atoms with Crippen molar-refractivity contribution in [3.63, 3.8) is 0 Å². The van der Waals surface area contributed by atoms with E-state index >= 15 is 0 Å². The van der Waals surface area contributed by atoms with Crippen LogP contribution < -0.4 is 4.72 Å². The second-order valence-corrected chi connectivity index (χ2v) is 7.19. The van der Waals surface area contributed by atoms with E-state index in [4.69, 9.17) is 4.74 Å². The standard InChI is InChI=1S/C13H23N3O3S/c1-11(19-2)10-20(17,18)15-12-6-3-4-7-13(12)16-9-5-8-14-16/h5,8-9,11-13,15H,3-4,6-7,10H2,1-2H3/t11-,12-,13+/m1/s1. The first-order valence-corrected chi connectivity index (χ1v) is 8.69. The number of aromatic nitrogens is 2. The SMILES string of the molecule is CO[C@H](C)CS(=O)(=O)N[C@@H]1CCCC[C@@H]1n1cccn1. The first kappa shape index (κ1) is 15.5. The third-order valence-electron chi connectivity index (χ3n) is 3.78. The Morgan fingerprint density at radius 1 is 1.45 bits per heavy atom. The van der Waals surface area contributed by atoms with Crippen LogP contribution in [0.5, 0.6) is 0 Å². The highest BCUT2D eigenvalue weighted by atomic mass is 32.2. The molecule has 0 amide bonds. The van der Waals surface area contributed by atoms with Gasteiger partial charge in [-0.1, -0.05) is 12.8 Å². The van der Waals surface area contributed by atoms with Crippen LogP contribution >= 0.6 is 0 Å². The summed E-state index contributed by atoms with van der Waals surface area (Å²) in [7, 11) is -1.81. The minimum absolute atomic E-state index is 0.00811. The van der Waals surface area contributed by atoms with E-state index in [0.717, 1.165) is 25.7 Å². The molecule has 0 saturated heterocycles. The predicted octanol–water partition coefficient (Wildman–Crippen LogP) is 1.32. The van der Waals surface area contributed by atoms with Crippen molar-refractivity contribution in [3.8, 4) is 0 Å². The van der Waals surface area contributed by atoms with Crippen LogP contribution in [0.1, 0.15) is 38.6 Å². The second-order valence-electron chi connectivity index (χ2n) is 5.39. The summed E-state index contributed by atoms with van der Waals surface area (Å²) in [5.74, 6) is -0.00811. The number of sulfonamides is 1. The first-order chi connectivity index (χ1) is 9.52. The van der Waals surface area contributed by atoms with Gasteiger partial charge in [0.25, 0.3) is 0 Å². The highest BCUT2D eigenvalue weighted by molar-refractivity contribution is 7.89. The normalized spacial score (nSPS) is 25.5. The summed E-state index contributed by atoms with van der Waals surface area (Å²) in [5.41, 5.74) is 0. The largest absolute Gasteiger partial charge is 0.381 e. The zero-order chi connectivity index (χ0) is 14.6. The van der Waals surface area contributed by atoms with Crippen LogP contribution in [-0.4, -0.2) is 43.2 Å². The molecule has 1 N–H and O–H groups in total. The lowest BCUT2D eigenvalue weighted by Crippen LogP contribution is -2.45. The Labute approximate surface area is 120 Å². The van der Waals surface area contributed by atoms with Gasteiger partial charge in [0.05, 0.1) is 17.9 Å². The smallest absolute Gasteiger partial charge is 0.214 e. The molecule has 0 bridgehead atoms. The predicted molar refractivity (Wildman–Crippen MR) is 76.9 cm³/mol. The van der Waals surface area contributed by atoms with Crippen molar-refractivity contribution in [2.24, 2.45) is 0 Å². The topological polar surface area (TPSA) is 73.2 Å². The number of nitrogens with one attached hydrogen (secondary N) is 1. The fourth-order valence-electron chi connectivity index (χ4n) is 2.70. The molecule has 1 fully saturated rings. The van der Waals surface area contributed by atoms with Crippen LogP contribution in [0.2, 0.25) is 0 Å². The Kier molecular flexibility index (Phi) is 5.17. The minimum atomic E-state index is -3.33. The van der Waals surface area contributed by atoms with Gasteiger partial charge in [-0.15, -0.1) is 0 Å². The van der Waals surface area contributed by atoms with Crippen molar-refractivity contribution in [1.82, 2.24) is 14.5 Å². The zero-order valence-electron chi connectivity index (χ0n) is 12.0. The quantitative estimate of drug-likeness (QED) is 0.860. The van der Waals surface area contributed by atoms with Crippen molar-refractivity contribution in [3.05, 3.63) is 18.5 Å². The summed E-state index contributed by atoms with van der Waals surface area (Å²) in [4.78, 5) is 0. The Bertz CT molecular complexity index is 501. The van der Waals surface area contributed by atoms with E-state index in [-0.39, 0.29) is 23.9 Å². The average molecular weight is 301 g/mol. The monoisotopic (exact) mass is 301 g/mol. The van der Waals surface area contributed by atoms with Crippen LogP contribution in [0.15, 0.2) is 18.5 Å². The summed E-state index contributed by atoms with van der Waals surface area (Å²) in [6, 6.07) is 1.89. The number of ether oxygens (including phenoxy) is 1. The third kappa shape index (κ3) is 4.04. The van der Waals surface area contributed by atoms with Crippen molar-refractivity contribution >= 4 is 10.0 Å². The Morgan fingerprint density at radius 2 is 2.20 bits per heavy atom. The number of nitrogens with zero attached hydrogens (tertiary/aromatic N) is 2. The van der Waals surface area contributed by atoms with Gasteiger partial charge in [-0.2, -0.15) is 5.10 Å². The van der Waals surface area contributed by atoms with Crippen molar-refractivity contribution in [2.75, 3.05) is 12.9 Å². The molecule has 3 atom stereocenters. The lowest BCUT2D eigenvalue weighted by Gasteiger charge is -2.32. The molecule has 20 heavy (non-hydrogen) atoms. The molecule has 2 rings (SSSR count). The minimum Gasteiger partial charge on any atom is -0.381 e. The zero-order valence-corrected chi connectivity index (χ0v) is 12.8. The number of methoxy groups -OCH3 is 1. The van der Waals surface area contributed by atoms with Crippen LogP contribution in [0.3, 0.4) is 0 Å². The maximum atomic E-state index is 12.2.